The number of nitrogens with zero attached hydrogens (tertiary/aromatic N) is 2. The summed E-state index contributed by atoms with van der Waals surface area (Å²) >= 11 is 5.86. The van der Waals surface area contributed by atoms with Crippen LogP contribution in [-0.2, 0) is 13.1 Å². The number of nitrogens with two attached hydrogens (primary N) is 1. The highest BCUT2D eigenvalue weighted by Crippen LogP contribution is 2.33. The number of carbonyl (C=O) groups is 1. The van der Waals surface area contributed by atoms with Crippen LogP contribution in [-0.4, -0.2) is 10.9 Å². The van der Waals surface area contributed by atoms with Crippen LogP contribution >= 0.6 is 24.0 Å². The molecule has 2 N–H and O–H groups in total. The summed E-state index contributed by atoms with van der Waals surface area (Å²) in [5, 5.41) is 3.14. The maximum absolute atomic E-state index is 11.5. The molecule has 196 valence electrons. The Labute approximate surface area is 239 Å². The molecule has 0 spiro atoms. The van der Waals surface area contributed by atoms with Crippen molar-refractivity contribution in [2.45, 2.75) is 37.8 Å². The van der Waals surface area contributed by atoms with E-state index >= 15 is 0 Å². The van der Waals surface area contributed by atoms with Gasteiger partial charge in [-0.15, -0.1) is 24.0 Å². The minimum Gasteiger partial charge on any atom is -0.366 e. The highest BCUT2D eigenvalue weighted by Gasteiger charge is 2.21. The molecule has 2 heterocycles. The maximum Gasteiger partial charge on any atom is 0.248 e. The molecular formula is C33H31N3OS2. The first kappa shape index (κ1) is 26.7. The molecule has 1 aromatic heterocycles. The van der Waals surface area contributed by atoms with Crippen LogP contribution in [0.5, 0.6) is 0 Å². The first-order valence-electron chi connectivity index (χ1n) is 12.9. The fraction of sp³-hybridized carbons (Fsp3) is 0.152. The summed E-state index contributed by atoms with van der Waals surface area (Å²) < 4.78 is 0. The van der Waals surface area contributed by atoms with E-state index in [1.54, 1.807) is 11.3 Å². The minimum atomic E-state index is -0.383. The molecule has 4 aromatic carbocycles. The van der Waals surface area contributed by atoms with E-state index in [2.05, 4.69) is 85.3 Å². The van der Waals surface area contributed by atoms with Crippen molar-refractivity contribution in [1.82, 2.24) is 4.98 Å². The predicted octanol–water partition coefficient (Wildman–Crippen LogP) is 8.19. The van der Waals surface area contributed by atoms with Crippen molar-refractivity contribution in [2.24, 2.45) is 5.73 Å². The lowest BCUT2D eigenvalue weighted by Gasteiger charge is -2.18. The number of carbonyl (C=O) groups excluding carboxylic acids is 1. The van der Waals surface area contributed by atoms with Gasteiger partial charge in [0, 0.05) is 45.7 Å². The normalized spacial score (nSPS) is 12.2. The van der Waals surface area contributed by atoms with Gasteiger partial charge in [0.2, 0.25) is 5.91 Å². The second kappa shape index (κ2) is 11.9. The van der Waals surface area contributed by atoms with Gasteiger partial charge >= 0.3 is 0 Å². The first-order valence-corrected chi connectivity index (χ1v) is 14.3. The summed E-state index contributed by atoms with van der Waals surface area (Å²) in [6, 6.07) is 32.7. The molecule has 39 heavy (non-hydrogen) atoms. The molecule has 5 aromatic rings. The second-order valence-electron chi connectivity index (χ2n) is 9.90. The molecule has 0 bridgehead atoms. The number of benzene rings is 4. The average molecular weight is 550 g/mol. The van der Waals surface area contributed by atoms with Crippen molar-refractivity contribution in [3.63, 3.8) is 0 Å². The lowest BCUT2D eigenvalue weighted by Crippen LogP contribution is -2.14. The monoisotopic (exact) mass is 549 g/mol. The SMILES string of the molecule is CC(C)c1ccc(S)cc1.NC(=O)c1ccc2c(c1)CN(c1cccc(-c3csc(-c4ccccc4)n3)c1)C2. The van der Waals surface area contributed by atoms with Gasteiger partial charge in [-0.25, -0.2) is 4.98 Å². The zero-order chi connectivity index (χ0) is 27.4. The highest BCUT2D eigenvalue weighted by molar-refractivity contribution is 7.80. The topological polar surface area (TPSA) is 59.2 Å². The average Bonchev–Trinajstić information content (AvgIpc) is 3.62. The molecule has 0 atom stereocenters. The summed E-state index contributed by atoms with van der Waals surface area (Å²) in [6.45, 7) is 5.97. The molecule has 4 nitrogen and oxygen atoms in total. The number of amides is 1. The predicted molar refractivity (Wildman–Crippen MR) is 166 cm³/mol. The minimum absolute atomic E-state index is 0.383. The largest absolute Gasteiger partial charge is 0.366 e. The Morgan fingerprint density at radius 3 is 2.31 bits per heavy atom. The maximum atomic E-state index is 11.5. The molecule has 0 radical (unpaired) electrons. The molecule has 0 saturated heterocycles. The first-order chi connectivity index (χ1) is 18.9. The number of hydrogen-bond donors (Lipinski definition) is 2. The van der Waals surface area contributed by atoms with E-state index in [9.17, 15) is 4.79 Å². The summed E-state index contributed by atoms with van der Waals surface area (Å²) in [5.74, 6) is 0.236. The zero-order valence-corrected chi connectivity index (χ0v) is 23.8. The number of rotatable bonds is 5. The number of thiol groups is 1. The van der Waals surface area contributed by atoms with Gasteiger partial charge in [-0.05, 0) is 59.0 Å². The van der Waals surface area contributed by atoms with Gasteiger partial charge in [-0.3, -0.25) is 4.79 Å². The summed E-state index contributed by atoms with van der Waals surface area (Å²) in [7, 11) is 0. The van der Waals surface area contributed by atoms with E-state index in [1.807, 2.05) is 48.5 Å². The molecule has 6 heteroatoms. The number of aromatic nitrogens is 1. The van der Waals surface area contributed by atoms with E-state index in [0.29, 0.717) is 11.5 Å². The van der Waals surface area contributed by atoms with E-state index in [1.165, 1.54) is 11.1 Å². The van der Waals surface area contributed by atoms with Crippen LogP contribution in [0.15, 0.2) is 107 Å². The number of fused-ring (bicyclic) bond motifs is 1. The molecule has 1 aliphatic rings. The van der Waals surface area contributed by atoms with Gasteiger partial charge in [0.1, 0.15) is 5.01 Å². The molecule has 0 saturated carbocycles. The van der Waals surface area contributed by atoms with Gasteiger partial charge in [0.05, 0.1) is 5.69 Å². The lowest BCUT2D eigenvalue weighted by atomic mass is 10.0. The molecule has 6 rings (SSSR count). The molecule has 1 aliphatic heterocycles. The number of hydrogen-bond acceptors (Lipinski definition) is 5. The van der Waals surface area contributed by atoms with E-state index in [-0.39, 0.29) is 5.91 Å². The third-order valence-electron chi connectivity index (χ3n) is 6.80. The van der Waals surface area contributed by atoms with Crippen molar-refractivity contribution in [2.75, 3.05) is 4.90 Å². The summed E-state index contributed by atoms with van der Waals surface area (Å²) in [4.78, 5) is 19.6. The molecule has 0 aliphatic carbocycles. The molecule has 0 unspecified atom stereocenters. The summed E-state index contributed by atoms with van der Waals surface area (Å²) in [5.41, 5.74) is 14.1. The fourth-order valence-electron chi connectivity index (χ4n) is 4.57. The van der Waals surface area contributed by atoms with Gasteiger partial charge < -0.3 is 10.6 Å². The van der Waals surface area contributed by atoms with Gasteiger partial charge in [0.15, 0.2) is 0 Å². The van der Waals surface area contributed by atoms with Crippen molar-refractivity contribution >= 4 is 35.6 Å². The van der Waals surface area contributed by atoms with Crippen LogP contribution in [0.3, 0.4) is 0 Å². The van der Waals surface area contributed by atoms with Crippen LogP contribution in [0, 0.1) is 0 Å². The summed E-state index contributed by atoms with van der Waals surface area (Å²) in [6.07, 6.45) is 0. The van der Waals surface area contributed by atoms with Crippen molar-refractivity contribution < 1.29 is 4.79 Å². The van der Waals surface area contributed by atoms with E-state index in [4.69, 9.17) is 10.7 Å². The van der Waals surface area contributed by atoms with Crippen LogP contribution < -0.4 is 10.6 Å². The van der Waals surface area contributed by atoms with Gasteiger partial charge in [-0.2, -0.15) is 0 Å². The third kappa shape index (κ3) is 6.41. The van der Waals surface area contributed by atoms with E-state index in [0.717, 1.165) is 51.1 Å². The highest BCUT2D eigenvalue weighted by atomic mass is 32.1. The lowest BCUT2D eigenvalue weighted by molar-refractivity contribution is 0.1000. The Hall–Kier alpha value is -3.87. The van der Waals surface area contributed by atoms with Crippen LogP contribution in [0.2, 0.25) is 0 Å². The molecule has 0 fully saturated rings. The van der Waals surface area contributed by atoms with Gasteiger partial charge in [0.25, 0.3) is 0 Å². The van der Waals surface area contributed by atoms with Crippen molar-refractivity contribution in [3.8, 4) is 21.8 Å². The van der Waals surface area contributed by atoms with Crippen molar-refractivity contribution in [3.05, 3.63) is 125 Å². The third-order valence-corrected chi connectivity index (χ3v) is 7.99. The number of anilines is 1. The van der Waals surface area contributed by atoms with Crippen LogP contribution in [0.1, 0.15) is 46.8 Å². The second-order valence-corrected chi connectivity index (χ2v) is 11.3. The van der Waals surface area contributed by atoms with Crippen LogP contribution in [0.4, 0.5) is 5.69 Å². The zero-order valence-electron chi connectivity index (χ0n) is 22.0. The molecule has 1 amide bonds. The Morgan fingerprint density at radius 1 is 0.872 bits per heavy atom. The Bertz CT molecular complexity index is 1580. The van der Waals surface area contributed by atoms with E-state index < -0.39 is 0 Å². The van der Waals surface area contributed by atoms with Gasteiger partial charge in [-0.1, -0.05) is 74.5 Å². The molecular weight excluding hydrogens is 519 g/mol. The quantitative estimate of drug-likeness (QED) is 0.217. The number of primary amides is 1. The Kier molecular flexibility index (Phi) is 8.15. The smallest absolute Gasteiger partial charge is 0.248 e. The van der Waals surface area contributed by atoms with Crippen LogP contribution in [0.25, 0.3) is 21.8 Å². The Balaban J connectivity index is 0.000000261. The van der Waals surface area contributed by atoms with Crippen molar-refractivity contribution in [1.29, 1.82) is 0 Å². The standard InChI is InChI=1S/C24H19N3OS.C9H12S/c25-23(28)18-9-10-19-13-27(14-20(19)11-18)21-8-4-7-17(12-21)22-15-29-24(26-22)16-5-2-1-3-6-16;1-7(2)8-3-5-9(10)6-4-8/h1-12,15H,13-14H2,(H2,25,28);3-7,10H,1-2H3. The number of thiazole rings is 1. The Morgan fingerprint density at radius 2 is 1.59 bits per heavy atom. The fourth-order valence-corrected chi connectivity index (χ4v) is 5.56.